The van der Waals surface area contributed by atoms with E-state index in [1.807, 2.05) is 27.7 Å². The van der Waals surface area contributed by atoms with Gasteiger partial charge in [0, 0.05) is 32.7 Å². The zero-order valence-electron chi connectivity index (χ0n) is 17.9. The molecule has 0 bridgehead atoms. The summed E-state index contributed by atoms with van der Waals surface area (Å²) in [6.07, 6.45) is -0.360. The van der Waals surface area contributed by atoms with Gasteiger partial charge in [-0.05, 0) is 44.0 Å². The van der Waals surface area contributed by atoms with Crippen molar-refractivity contribution in [3.63, 3.8) is 0 Å². The number of hydrogen-bond donors (Lipinski definition) is 1. The topological polar surface area (TPSA) is 96.0 Å². The number of likely N-dealkylation sites (N-methyl/N-ethyl adjacent to an activating group) is 1. The van der Waals surface area contributed by atoms with Gasteiger partial charge in [-0.2, -0.15) is 4.31 Å². The molecule has 2 rings (SSSR count). The normalized spacial score (nSPS) is 21.6. The maximum absolute atomic E-state index is 12.9. The first-order chi connectivity index (χ1) is 13.4. The van der Waals surface area contributed by atoms with Gasteiger partial charge < -0.3 is 15.0 Å². The van der Waals surface area contributed by atoms with Gasteiger partial charge >= 0.3 is 0 Å². The van der Waals surface area contributed by atoms with Gasteiger partial charge in [0.15, 0.2) is 0 Å². The van der Waals surface area contributed by atoms with Gasteiger partial charge in [-0.25, -0.2) is 8.42 Å². The fourth-order valence-electron chi connectivity index (χ4n) is 3.27. The molecule has 0 spiro atoms. The van der Waals surface area contributed by atoms with Gasteiger partial charge in [-0.3, -0.25) is 9.59 Å². The summed E-state index contributed by atoms with van der Waals surface area (Å²) in [5, 5.41) is 2.74. The van der Waals surface area contributed by atoms with Crippen LogP contribution in [0.2, 0.25) is 0 Å². The van der Waals surface area contributed by atoms with E-state index in [1.54, 1.807) is 14.1 Å². The third-order valence-electron chi connectivity index (χ3n) is 4.80. The molecule has 0 saturated carbocycles. The molecule has 8 nitrogen and oxygen atoms in total. The maximum atomic E-state index is 12.9. The van der Waals surface area contributed by atoms with Gasteiger partial charge in [0.1, 0.15) is 6.04 Å². The lowest BCUT2D eigenvalue weighted by Gasteiger charge is -2.34. The summed E-state index contributed by atoms with van der Waals surface area (Å²) in [6.45, 7) is 7.96. The van der Waals surface area contributed by atoms with E-state index in [4.69, 9.17) is 4.74 Å². The SMILES string of the molecule is CC(C)[C@H](NC(=O)c1ccc(S(=O)(=O)N2C[C@@H](C)O[C@H](C)C2)cc1)C(=O)N(C)C. The number of morpholine rings is 1. The van der Waals surface area contributed by atoms with E-state index in [-0.39, 0.29) is 42.0 Å². The molecule has 1 aromatic carbocycles. The number of hydrogen-bond acceptors (Lipinski definition) is 5. The largest absolute Gasteiger partial charge is 0.373 e. The molecule has 0 unspecified atom stereocenters. The third-order valence-corrected chi connectivity index (χ3v) is 6.65. The minimum Gasteiger partial charge on any atom is -0.373 e. The lowest BCUT2D eigenvalue weighted by Crippen LogP contribution is -2.49. The van der Waals surface area contributed by atoms with Crippen LogP contribution in [-0.4, -0.2) is 74.9 Å². The fraction of sp³-hybridized carbons (Fsp3) is 0.600. The summed E-state index contributed by atoms with van der Waals surface area (Å²) >= 11 is 0. The van der Waals surface area contributed by atoms with Crippen molar-refractivity contribution in [3.05, 3.63) is 29.8 Å². The van der Waals surface area contributed by atoms with E-state index in [2.05, 4.69) is 5.32 Å². The number of ether oxygens (including phenoxy) is 1. The molecule has 9 heteroatoms. The van der Waals surface area contributed by atoms with Crippen molar-refractivity contribution in [3.8, 4) is 0 Å². The van der Waals surface area contributed by atoms with Crippen LogP contribution in [0.3, 0.4) is 0 Å². The van der Waals surface area contributed by atoms with Gasteiger partial charge in [0.25, 0.3) is 5.91 Å². The van der Waals surface area contributed by atoms with Crippen LogP contribution in [0.4, 0.5) is 0 Å². The lowest BCUT2D eigenvalue weighted by molar-refractivity contribution is -0.131. The molecule has 1 aromatic rings. The summed E-state index contributed by atoms with van der Waals surface area (Å²) in [6, 6.07) is 5.12. The molecular formula is C20H31N3O5S. The average molecular weight is 426 g/mol. The number of rotatable bonds is 6. The highest BCUT2D eigenvalue weighted by Gasteiger charge is 2.32. The van der Waals surface area contributed by atoms with Gasteiger partial charge in [-0.15, -0.1) is 0 Å². The monoisotopic (exact) mass is 425 g/mol. The Bertz CT molecular complexity index is 826. The minimum absolute atomic E-state index is 0.0844. The highest BCUT2D eigenvalue weighted by molar-refractivity contribution is 7.89. The van der Waals surface area contributed by atoms with Gasteiger partial charge in [0.05, 0.1) is 17.1 Å². The molecule has 162 valence electrons. The standard InChI is InChI=1S/C20H31N3O5S/c1-13(2)18(20(25)22(5)6)21-19(24)16-7-9-17(10-8-16)29(26,27)23-11-14(3)28-15(4)12-23/h7-10,13-15,18H,11-12H2,1-6H3,(H,21,24)/t14-,15-,18+/m1/s1. The molecule has 1 fully saturated rings. The van der Waals surface area contributed by atoms with E-state index in [0.717, 1.165) is 0 Å². The van der Waals surface area contributed by atoms with Crippen LogP contribution in [0.25, 0.3) is 0 Å². The van der Waals surface area contributed by atoms with Crippen molar-refractivity contribution < 1.29 is 22.7 Å². The molecule has 0 aromatic heterocycles. The molecule has 1 N–H and O–H groups in total. The molecule has 29 heavy (non-hydrogen) atoms. The Morgan fingerprint density at radius 1 is 1.10 bits per heavy atom. The molecule has 1 saturated heterocycles. The Morgan fingerprint density at radius 3 is 2.07 bits per heavy atom. The molecular weight excluding hydrogens is 394 g/mol. The molecule has 0 radical (unpaired) electrons. The number of nitrogens with one attached hydrogen (secondary N) is 1. The maximum Gasteiger partial charge on any atom is 0.251 e. The first-order valence-corrected chi connectivity index (χ1v) is 11.1. The van der Waals surface area contributed by atoms with E-state index >= 15 is 0 Å². The lowest BCUT2D eigenvalue weighted by atomic mass is 10.0. The average Bonchev–Trinajstić information content (AvgIpc) is 2.64. The Balaban J connectivity index is 2.16. The zero-order valence-corrected chi connectivity index (χ0v) is 18.7. The summed E-state index contributed by atoms with van der Waals surface area (Å²) in [5.74, 6) is -0.696. The fourth-order valence-corrected chi connectivity index (χ4v) is 4.86. The van der Waals surface area contributed by atoms with Crippen molar-refractivity contribution in [1.82, 2.24) is 14.5 Å². The number of nitrogens with zero attached hydrogens (tertiary/aromatic N) is 2. The third kappa shape index (κ3) is 5.55. The number of carbonyl (C=O) groups excluding carboxylic acids is 2. The second-order valence-corrected chi connectivity index (χ2v) is 9.97. The van der Waals surface area contributed by atoms with E-state index < -0.39 is 22.0 Å². The minimum atomic E-state index is -3.67. The van der Waals surface area contributed by atoms with Crippen LogP contribution in [0, 0.1) is 5.92 Å². The van der Waals surface area contributed by atoms with Crippen LogP contribution < -0.4 is 5.32 Å². The highest BCUT2D eigenvalue weighted by Crippen LogP contribution is 2.21. The van der Waals surface area contributed by atoms with Crippen molar-refractivity contribution in [1.29, 1.82) is 0 Å². The van der Waals surface area contributed by atoms with E-state index in [0.29, 0.717) is 5.56 Å². The molecule has 1 aliphatic heterocycles. The Labute approximate surface area is 173 Å². The predicted molar refractivity (Wildman–Crippen MR) is 110 cm³/mol. The molecule has 1 heterocycles. The number of benzene rings is 1. The molecule has 3 atom stereocenters. The van der Waals surface area contributed by atoms with Crippen LogP contribution >= 0.6 is 0 Å². The Hall–Kier alpha value is -1.97. The summed E-state index contributed by atoms with van der Waals surface area (Å²) < 4.78 is 32.8. The van der Waals surface area contributed by atoms with Crippen molar-refractivity contribution in [2.24, 2.45) is 5.92 Å². The van der Waals surface area contributed by atoms with Crippen molar-refractivity contribution >= 4 is 21.8 Å². The van der Waals surface area contributed by atoms with Crippen LogP contribution in [0.5, 0.6) is 0 Å². The number of amides is 2. The summed E-state index contributed by atoms with van der Waals surface area (Å²) in [5.41, 5.74) is 0.296. The molecule has 2 amide bonds. The highest BCUT2D eigenvalue weighted by atomic mass is 32.2. The first-order valence-electron chi connectivity index (χ1n) is 9.71. The van der Waals surface area contributed by atoms with Gasteiger partial charge in [-0.1, -0.05) is 13.8 Å². The smallest absolute Gasteiger partial charge is 0.251 e. The summed E-state index contributed by atoms with van der Waals surface area (Å²) in [4.78, 5) is 26.4. The van der Waals surface area contributed by atoms with E-state index in [1.165, 1.54) is 33.5 Å². The second kappa shape index (κ2) is 9.23. The quantitative estimate of drug-likeness (QED) is 0.742. The molecule has 0 aliphatic carbocycles. The number of sulfonamides is 1. The van der Waals surface area contributed by atoms with Crippen LogP contribution in [0.15, 0.2) is 29.2 Å². The Morgan fingerprint density at radius 2 is 1.62 bits per heavy atom. The first kappa shape index (κ1) is 23.3. The van der Waals surface area contributed by atoms with Crippen LogP contribution in [0.1, 0.15) is 38.1 Å². The van der Waals surface area contributed by atoms with E-state index in [9.17, 15) is 18.0 Å². The van der Waals surface area contributed by atoms with Crippen LogP contribution in [-0.2, 0) is 19.6 Å². The predicted octanol–water partition coefficient (Wildman–Crippen LogP) is 1.33. The molecule has 1 aliphatic rings. The second-order valence-electron chi connectivity index (χ2n) is 8.03. The van der Waals surface area contributed by atoms with Gasteiger partial charge in [0.2, 0.25) is 15.9 Å². The summed E-state index contributed by atoms with van der Waals surface area (Å²) in [7, 11) is -0.399. The van der Waals surface area contributed by atoms with Crippen molar-refractivity contribution in [2.75, 3.05) is 27.2 Å². The Kier molecular flexibility index (Phi) is 7.42. The van der Waals surface area contributed by atoms with Crippen molar-refractivity contribution in [2.45, 2.75) is 50.8 Å². The number of carbonyl (C=O) groups is 2. The zero-order chi connectivity index (χ0) is 21.9.